The monoisotopic (exact) mass is 278 g/mol. The fourth-order valence-corrected chi connectivity index (χ4v) is 2.53. The van der Waals surface area contributed by atoms with E-state index in [1.54, 1.807) is 41.8 Å². The quantitative estimate of drug-likeness (QED) is 0.517. The third-order valence-electron chi connectivity index (χ3n) is 2.61. The van der Waals surface area contributed by atoms with E-state index < -0.39 is 0 Å². The molecule has 0 radical (unpaired) electrons. The minimum Gasteiger partial charge on any atom is -0.383 e. The van der Waals surface area contributed by atoms with Gasteiger partial charge in [-0.1, -0.05) is 6.07 Å². The number of anilines is 1. The van der Waals surface area contributed by atoms with Crippen molar-refractivity contribution in [1.82, 2.24) is 9.78 Å². The van der Waals surface area contributed by atoms with Gasteiger partial charge >= 0.3 is 0 Å². The van der Waals surface area contributed by atoms with E-state index >= 15 is 0 Å². The molecule has 0 amide bonds. The maximum absolute atomic E-state index is 11.0. The Morgan fingerprint density at radius 3 is 2.89 bits per heavy atom. The molecule has 0 bridgehead atoms. The molecule has 0 aliphatic carbocycles. The van der Waals surface area contributed by atoms with Crippen molar-refractivity contribution in [3.8, 4) is 0 Å². The summed E-state index contributed by atoms with van der Waals surface area (Å²) in [7, 11) is 3.53. The van der Waals surface area contributed by atoms with Gasteiger partial charge in [-0.25, -0.2) is 0 Å². The average molecular weight is 278 g/mol. The molecule has 0 spiro atoms. The van der Waals surface area contributed by atoms with Crippen LogP contribution >= 0.6 is 11.8 Å². The molecule has 0 saturated heterocycles. The molecule has 1 heterocycles. The molecule has 100 valence electrons. The Bertz CT molecular complexity index is 597. The zero-order valence-corrected chi connectivity index (χ0v) is 11.5. The zero-order chi connectivity index (χ0) is 13.8. The lowest BCUT2D eigenvalue weighted by molar-refractivity contribution is -0.384. The largest absolute Gasteiger partial charge is 0.383 e. The number of thioether (sulfide) groups is 1. The zero-order valence-electron chi connectivity index (χ0n) is 10.7. The van der Waals surface area contributed by atoms with E-state index in [2.05, 4.69) is 10.4 Å². The van der Waals surface area contributed by atoms with Gasteiger partial charge in [-0.15, -0.1) is 11.8 Å². The second-order valence-electron chi connectivity index (χ2n) is 4.00. The standard InChI is InChI=1S/C12H14N4O2S/c1-13-11-4-3-9(5-12(11)16(17)18)8-19-10-6-14-15(2)7-10/h3-7,13H,8H2,1-2H3. The summed E-state index contributed by atoms with van der Waals surface area (Å²) in [6, 6.07) is 5.23. The van der Waals surface area contributed by atoms with Gasteiger partial charge in [0.15, 0.2) is 0 Å². The highest BCUT2D eigenvalue weighted by Gasteiger charge is 2.13. The molecule has 1 aromatic carbocycles. The lowest BCUT2D eigenvalue weighted by Gasteiger charge is -2.04. The van der Waals surface area contributed by atoms with Crippen molar-refractivity contribution in [2.75, 3.05) is 12.4 Å². The normalized spacial score (nSPS) is 10.4. The molecule has 2 rings (SSSR count). The molecule has 0 fully saturated rings. The molecular weight excluding hydrogens is 264 g/mol. The number of benzene rings is 1. The van der Waals surface area contributed by atoms with Crippen LogP contribution in [0.3, 0.4) is 0 Å². The van der Waals surface area contributed by atoms with Gasteiger partial charge in [-0.2, -0.15) is 5.10 Å². The van der Waals surface area contributed by atoms with Gasteiger partial charge in [0.1, 0.15) is 5.69 Å². The van der Waals surface area contributed by atoms with Gasteiger partial charge in [-0.3, -0.25) is 14.8 Å². The third-order valence-corrected chi connectivity index (χ3v) is 3.64. The van der Waals surface area contributed by atoms with Crippen molar-refractivity contribution < 1.29 is 4.92 Å². The van der Waals surface area contributed by atoms with E-state index in [9.17, 15) is 10.1 Å². The number of rotatable bonds is 5. The Labute approximate surface area is 115 Å². The van der Waals surface area contributed by atoms with Crippen LogP contribution in [0.1, 0.15) is 5.56 Å². The Kier molecular flexibility index (Phi) is 4.06. The van der Waals surface area contributed by atoms with E-state index in [0.717, 1.165) is 10.5 Å². The van der Waals surface area contributed by atoms with Crippen LogP contribution in [-0.2, 0) is 12.8 Å². The highest BCUT2D eigenvalue weighted by Crippen LogP contribution is 2.28. The van der Waals surface area contributed by atoms with Gasteiger partial charge in [-0.05, 0) is 11.6 Å². The molecule has 0 atom stereocenters. The van der Waals surface area contributed by atoms with E-state index in [1.165, 1.54) is 0 Å². The fourth-order valence-electron chi connectivity index (χ4n) is 1.67. The van der Waals surface area contributed by atoms with Gasteiger partial charge < -0.3 is 5.32 Å². The summed E-state index contributed by atoms with van der Waals surface area (Å²) in [5, 5.41) is 17.9. The first kappa shape index (κ1) is 13.4. The van der Waals surface area contributed by atoms with Crippen LogP contribution in [0, 0.1) is 10.1 Å². The van der Waals surface area contributed by atoms with Crippen LogP contribution in [0.4, 0.5) is 11.4 Å². The number of hydrogen-bond acceptors (Lipinski definition) is 5. The van der Waals surface area contributed by atoms with Gasteiger partial charge in [0, 0.05) is 37.0 Å². The summed E-state index contributed by atoms with van der Waals surface area (Å²) in [4.78, 5) is 11.6. The first-order valence-corrected chi connectivity index (χ1v) is 6.65. The second kappa shape index (κ2) is 5.75. The maximum atomic E-state index is 11.0. The molecule has 0 aliphatic heterocycles. The number of nitrogens with zero attached hydrogens (tertiary/aromatic N) is 3. The van der Waals surface area contributed by atoms with Crippen molar-refractivity contribution >= 4 is 23.1 Å². The summed E-state index contributed by atoms with van der Waals surface area (Å²) in [6.07, 6.45) is 3.70. The smallest absolute Gasteiger partial charge is 0.292 e. The SMILES string of the molecule is CNc1ccc(CSc2cnn(C)c2)cc1[N+](=O)[O-]. The molecule has 0 saturated carbocycles. The van der Waals surface area contributed by atoms with Crippen molar-refractivity contribution in [3.63, 3.8) is 0 Å². The van der Waals surface area contributed by atoms with Gasteiger partial charge in [0.05, 0.1) is 11.1 Å². The molecule has 0 aliphatic rings. The number of nitro groups is 1. The molecule has 6 nitrogen and oxygen atoms in total. The fraction of sp³-hybridized carbons (Fsp3) is 0.250. The topological polar surface area (TPSA) is 73.0 Å². The van der Waals surface area contributed by atoms with E-state index in [1.807, 2.05) is 19.3 Å². The van der Waals surface area contributed by atoms with Crippen molar-refractivity contribution in [2.45, 2.75) is 10.6 Å². The van der Waals surface area contributed by atoms with Crippen LogP contribution in [0.15, 0.2) is 35.5 Å². The minimum atomic E-state index is -0.371. The Balaban J connectivity index is 2.12. The van der Waals surface area contributed by atoms with Crippen LogP contribution in [0.2, 0.25) is 0 Å². The molecule has 7 heteroatoms. The molecule has 19 heavy (non-hydrogen) atoms. The predicted molar refractivity (Wildman–Crippen MR) is 75.4 cm³/mol. The highest BCUT2D eigenvalue weighted by atomic mass is 32.2. The van der Waals surface area contributed by atoms with Crippen LogP contribution in [0.5, 0.6) is 0 Å². The minimum absolute atomic E-state index is 0.104. The molecule has 1 N–H and O–H groups in total. The predicted octanol–water partition coefficient (Wildman–Crippen LogP) is 2.66. The first-order valence-electron chi connectivity index (χ1n) is 5.66. The lowest BCUT2D eigenvalue weighted by Crippen LogP contribution is -1.97. The van der Waals surface area contributed by atoms with Crippen LogP contribution in [-0.4, -0.2) is 21.8 Å². The average Bonchev–Trinajstić information content (AvgIpc) is 2.81. The van der Waals surface area contributed by atoms with E-state index in [0.29, 0.717) is 11.4 Å². The maximum Gasteiger partial charge on any atom is 0.292 e. The van der Waals surface area contributed by atoms with Crippen molar-refractivity contribution in [3.05, 3.63) is 46.3 Å². The number of aromatic nitrogens is 2. The number of aryl methyl sites for hydroxylation is 1. The van der Waals surface area contributed by atoms with Crippen LogP contribution < -0.4 is 5.32 Å². The molecule has 1 aromatic heterocycles. The number of nitro benzene ring substituents is 1. The van der Waals surface area contributed by atoms with Crippen LogP contribution in [0.25, 0.3) is 0 Å². The summed E-state index contributed by atoms with van der Waals surface area (Å²) in [6.45, 7) is 0. The van der Waals surface area contributed by atoms with Crippen molar-refractivity contribution in [2.24, 2.45) is 7.05 Å². The highest BCUT2D eigenvalue weighted by molar-refractivity contribution is 7.98. The Morgan fingerprint density at radius 1 is 1.53 bits per heavy atom. The lowest BCUT2D eigenvalue weighted by atomic mass is 10.2. The Morgan fingerprint density at radius 2 is 2.32 bits per heavy atom. The molecular formula is C12H14N4O2S. The van der Waals surface area contributed by atoms with Gasteiger partial charge in [0.2, 0.25) is 0 Å². The van der Waals surface area contributed by atoms with Crippen molar-refractivity contribution in [1.29, 1.82) is 0 Å². The summed E-state index contributed by atoms with van der Waals surface area (Å²) < 4.78 is 1.73. The molecule has 2 aromatic rings. The van der Waals surface area contributed by atoms with Gasteiger partial charge in [0.25, 0.3) is 5.69 Å². The Hall–Kier alpha value is -2.02. The summed E-state index contributed by atoms with van der Waals surface area (Å²) in [5.41, 5.74) is 1.55. The first-order chi connectivity index (χ1) is 9.10. The molecule has 0 unspecified atom stereocenters. The summed E-state index contributed by atoms with van der Waals surface area (Å²) in [5.74, 6) is 0.677. The van der Waals surface area contributed by atoms with E-state index in [-0.39, 0.29) is 10.6 Å². The number of nitrogens with one attached hydrogen (secondary N) is 1. The number of hydrogen-bond donors (Lipinski definition) is 1. The summed E-state index contributed by atoms with van der Waals surface area (Å²) >= 11 is 1.60. The second-order valence-corrected chi connectivity index (χ2v) is 5.05. The third kappa shape index (κ3) is 3.25. The van der Waals surface area contributed by atoms with E-state index in [4.69, 9.17) is 0 Å².